The van der Waals surface area contributed by atoms with Gasteiger partial charge < -0.3 is 4.42 Å². The van der Waals surface area contributed by atoms with Gasteiger partial charge in [0.1, 0.15) is 5.52 Å². The molecule has 6 heteroatoms. The third kappa shape index (κ3) is 1.88. The summed E-state index contributed by atoms with van der Waals surface area (Å²) in [5.74, 6) is 0.347. The molecule has 2 aromatic heterocycles. The lowest BCUT2D eigenvalue weighted by molar-refractivity contribution is -0.137. The molecule has 0 unspecified atom stereocenters. The molecule has 0 N–H and O–H groups in total. The molecule has 3 aromatic rings. The summed E-state index contributed by atoms with van der Waals surface area (Å²) in [5.41, 5.74) is -0.152. The lowest BCUT2D eigenvalue weighted by atomic mass is 10.2. The molecule has 0 radical (unpaired) electrons. The Kier molecular flexibility index (Phi) is 2.41. The van der Waals surface area contributed by atoms with Gasteiger partial charge in [0, 0.05) is 0 Å². The number of benzene rings is 1. The van der Waals surface area contributed by atoms with Gasteiger partial charge in [0.05, 0.1) is 10.4 Å². The molecule has 2 heterocycles. The monoisotopic (exact) mass is 269 g/mol. The fraction of sp³-hybridized carbons (Fsp3) is 0.0833. The number of fused-ring (bicyclic) bond motifs is 1. The highest BCUT2D eigenvalue weighted by atomic mass is 32.1. The molecule has 0 spiro atoms. The van der Waals surface area contributed by atoms with Crippen LogP contribution in [0, 0.1) is 0 Å². The van der Waals surface area contributed by atoms with Gasteiger partial charge in [-0.15, -0.1) is 11.3 Å². The van der Waals surface area contributed by atoms with Gasteiger partial charge in [-0.05, 0) is 29.6 Å². The van der Waals surface area contributed by atoms with Crippen LogP contribution in [-0.2, 0) is 6.18 Å². The minimum absolute atomic E-state index is 0.216. The van der Waals surface area contributed by atoms with Gasteiger partial charge in [0.2, 0.25) is 5.89 Å². The molecule has 0 saturated heterocycles. The van der Waals surface area contributed by atoms with Crippen molar-refractivity contribution >= 4 is 22.4 Å². The largest absolute Gasteiger partial charge is 0.435 e. The van der Waals surface area contributed by atoms with Crippen molar-refractivity contribution in [3.05, 3.63) is 41.3 Å². The van der Waals surface area contributed by atoms with Crippen LogP contribution in [0.4, 0.5) is 13.2 Å². The summed E-state index contributed by atoms with van der Waals surface area (Å²) in [6.45, 7) is 0. The number of halogens is 3. The normalized spacial score (nSPS) is 12.2. The number of hydrogen-bond donors (Lipinski definition) is 0. The predicted molar refractivity (Wildman–Crippen MR) is 62.3 cm³/mol. The first kappa shape index (κ1) is 11.3. The zero-order valence-electron chi connectivity index (χ0n) is 8.86. The maximum atomic E-state index is 12.5. The minimum atomic E-state index is -4.36. The Morgan fingerprint density at radius 3 is 2.67 bits per heavy atom. The fourth-order valence-corrected chi connectivity index (χ4v) is 2.26. The molecular formula is C12H6F3NOS. The summed E-state index contributed by atoms with van der Waals surface area (Å²) in [6.07, 6.45) is -4.36. The number of aromatic nitrogens is 1. The molecule has 0 aliphatic heterocycles. The second kappa shape index (κ2) is 3.84. The van der Waals surface area contributed by atoms with Crippen LogP contribution >= 0.6 is 11.3 Å². The van der Waals surface area contributed by atoms with Crippen LogP contribution in [0.2, 0.25) is 0 Å². The first-order chi connectivity index (χ1) is 8.54. The van der Waals surface area contributed by atoms with E-state index >= 15 is 0 Å². The Morgan fingerprint density at radius 1 is 1.17 bits per heavy atom. The Balaban J connectivity index is 2.13. The van der Waals surface area contributed by atoms with Gasteiger partial charge in [-0.3, -0.25) is 0 Å². The second-order valence-electron chi connectivity index (χ2n) is 3.68. The van der Waals surface area contributed by atoms with Crippen LogP contribution in [0.15, 0.2) is 40.1 Å². The van der Waals surface area contributed by atoms with Gasteiger partial charge in [-0.2, -0.15) is 13.2 Å². The number of nitrogens with zero attached hydrogens (tertiary/aromatic N) is 1. The Morgan fingerprint density at radius 2 is 2.00 bits per heavy atom. The van der Waals surface area contributed by atoms with E-state index in [0.717, 1.165) is 17.0 Å². The molecule has 0 aliphatic rings. The van der Waals surface area contributed by atoms with E-state index in [0.29, 0.717) is 11.5 Å². The highest BCUT2D eigenvalue weighted by Crippen LogP contribution is 2.33. The second-order valence-corrected chi connectivity index (χ2v) is 4.62. The van der Waals surface area contributed by atoms with E-state index in [9.17, 15) is 13.2 Å². The van der Waals surface area contributed by atoms with Crippen LogP contribution in [0.1, 0.15) is 5.56 Å². The first-order valence-corrected chi connectivity index (χ1v) is 5.94. The molecule has 2 nitrogen and oxygen atoms in total. The number of rotatable bonds is 1. The molecule has 0 fully saturated rings. The van der Waals surface area contributed by atoms with Crippen molar-refractivity contribution in [1.82, 2.24) is 4.98 Å². The van der Waals surface area contributed by atoms with E-state index in [-0.39, 0.29) is 5.52 Å². The van der Waals surface area contributed by atoms with E-state index in [1.54, 1.807) is 6.07 Å². The van der Waals surface area contributed by atoms with E-state index in [2.05, 4.69) is 4.98 Å². The van der Waals surface area contributed by atoms with Crippen LogP contribution in [-0.4, -0.2) is 4.98 Å². The first-order valence-electron chi connectivity index (χ1n) is 5.06. The molecule has 0 atom stereocenters. The molecule has 1 aromatic carbocycles. The van der Waals surface area contributed by atoms with Gasteiger partial charge in [0.15, 0.2) is 5.58 Å². The van der Waals surface area contributed by atoms with Gasteiger partial charge in [-0.1, -0.05) is 6.07 Å². The SMILES string of the molecule is FC(F)(F)c1ccc2oc(-c3cccs3)nc2c1. The highest BCUT2D eigenvalue weighted by Gasteiger charge is 2.31. The average molecular weight is 269 g/mol. The third-order valence-electron chi connectivity index (χ3n) is 2.45. The lowest BCUT2D eigenvalue weighted by Crippen LogP contribution is -2.03. The quantitative estimate of drug-likeness (QED) is 0.646. The summed E-state index contributed by atoms with van der Waals surface area (Å²) in [4.78, 5) is 4.86. The third-order valence-corrected chi connectivity index (χ3v) is 3.30. The van der Waals surface area contributed by atoms with E-state index in [1.165, 1.54) is 17.4 Å². The summed E-state index contributed by atoms with van der Waals surface area (Å²) < 4.78 is 43.0. The molecule has 18 heavy (non-hydrogen) atoms. The predicted octanol–water partition coefficient (Wildman–Crippen LogP) is 4.58. The van der Waals surface area contributed by atoms with Crippen LogP contribution in [0.5, 0.6) is 0 Å². The Labute approximate surface area is 104 Å². The zero-order chi connectivity index (χ0) is 12.8. The van der Waals surface area contributed by atoms with Gasteiger partial charge in [-0.25, -0.2) is 4.98 Å². The number of hydrogen-bond acceptors (Lipinski definition) is 3. The van der Waals surface area contributed by atoms with Crippen molar-refractivity contribution in [3.63, 3.8) is 0 Å². The standard InChI is InChI=1S/C12H6F3NOS/c13-12(14,15)7-3-4-9-8(6-7)16-11(17-9)10-2-1-5-18-10/h1-6H. The summed E-state index contributed by atoms with van der Waals surface area (Å²) in [5, 5.41) is 1.85. The van der Waals surface area contributed by atoms with E-state index in [1.807, 2.05) is 11.4 Å². The molecule has 92 valence electrons. The molecule has 3 rings (SSSR count). The molecule has 0 bridgehead atoms. The topological polar surface area (TPSA) is 26.0 Å². The number of thiophene rings is 1. The highest BCUT2D eigenvalue weighted by molar-refractivity contribution is 7.13. The van der Waals surface area contributed by atoms with Gasteiger partial charge >= 0.3 is 6.18 Å². The number of alkyl halides is 3. The van der Waals surface area contributed by atoms with Crippen molar-refractivity contribution < 1.29 is 17.6 Å². The molecule has 0 aliphatic carbocycles. The zero-order valence-corrected chi connectivity index (χ0v) is 9.68. The van der Waals surface area contributed by atoms with Crippen molar-refractivity contribution in [2.75, 3.05) is 0 Å². The fourth-order valence-electron chi connectivity index (χ4n) is 1.61. The molecule has 0 amide bonds. The molecule has 0 saturated carbocycles. The average Bonchev–Trinajstić information content (AvgIpc) is 2.95. The maximum absolute atomic E-state index is 12.5. The Hall–Kier alpha value is -1.82. The van der Waals surface area contributed by atoms with Crippen molar-refractivity contribution in [1.29, 1.82) is 0 Å². The summed E-state index contributed by atoms with van der Waals surface area (Å²) in [7, 11) is 0. The summed E-state index contributed by atoms with van der Waals surface area (Å²) >= 11 is 1.42. The smallest absolute Gasteiger partial charge is 0.416 e. The maximum Gasteiger partial charge on any atom is 0.416 e. The van der Waals surface area contributed by atoms with Crippen LogP contribution in [0.25, 0.3) is 21.9 Å². The van der Waals surface area contributed by atoms with Crippen molar-refractivity contribution in [2.45, 2.75) is 6.18 Å². The van der Waals surface area contributed by atoms with E-state index in [4.69, 9.17) is 4.42 Å². The van der Waals surface area contributed by atoms with Crippen LogP contribution in [0.3, 0.4) is 0 Å². The summed E-state index contributed by atoms with van der Waals surface area (Å²) in [6, 6.07) is 6.92. The molecular weight excluding hydrogens is 263 g/mol. The van der Waals surface area contributed by atoms with Crippen molar-refractivity contribution in [3.8, 4) is 10.8 Å². The van der Waals surface area contributed by atoms with Crippen molar-refractivity contribution in [2.24, 2.45) is 0 Å². The Bertz CT molecular complexity index is 685. The van der Waals surface area contributed by atoms with Crippen LogP contribution < -0.4 is 0 Å². The minimum Gasteiger partial charge on any atom is -0.435 e. The lowest BCUT2D eigenvalue weighted by Gasteiger charge is -2.04. The number of oxazole rings is 1. The van der Waals surface area contributed by atoms with E-state index < -0.39 is 11.7 Å². The van der Waals surface area contributed by atoms with Gasteiger partial charge in [0.25, 0.3) is 0 Å².